The predicted octanol–water partition coefficient (Wildman–Crippen LogP) is 3.08. The fraction of sp³-hybridized carbons (Fsp3) is 0.455. The van der Waals surface area contributed by atoms with E-state index in [0.717, 1.165) is 5.69 Å². The first-order valence-electron chi connectivity index (χ1n) is 5.34. The van der Waals surface area contributed by atoms with Crippen molar-refractivity contribution >= 4 is 17.3 Å². The van der Waals surface area contributed by atoms with E-state index >= 15 is 0 Å². The minimum absolute atomic E-state index is 0.0590. The van der Waals surface area contributed by atoms with Gasteiger partial charge in [0.1, 0.15) is 5.75 Å². The van der Waals surface area contributed by atoms with Gasteiger partial charge in [0, 0.05) is 18.8 Å². The molecular weight excluding hydrogens is 271 g/mol. The standard InChI is InChI=1S/C11H11ClF3NO2/c12-9-7-8(16-3-5-17-6-4-16)1-2-10(9)18-11(13,14)15/h1-2,7H,3-6H2. The quantitative estimate of drug-likeness (QED) is 0.831. The summed E-state index contributed by atoms with van der Waals surface area (Å²) in [6, 6.07) is 4.24. The summed E-state index contributed by atoms with van der Waals surface area (Å²) in [6.45, 7) is 2.57. The van der Waals surface area contributed by atoms with Crippen LogP contribution in [0.3, 0.4) is 0 Å². The van der Waals surface area contributed by atoms with Crippen LogP contribution in [0.25, 0.3) is 0 Å². The van der Waals surface area contributed by atoms with E-state index < -0.39 is 6.36 Å². The SMILES string of the molecule is FC(F)(F)Oc1ccc(N2CCOCC2)cc1Cl. The smallest absolute Gasteiger partial charge is 0.404 e. The van der Waals surface area contributed by atoms with Gasteiger partial charge in [0.2, 0.25) is 0 Å². The number of anilines is 1. The van der Waals surface area contributed by atoms with Crippen LogP contribution in [0, 0.1) is 0 Å². The van der Waals surface area contributed by atoms with E-state index in [1.165, 1.54) is 12.1 Å². The maximum atomic E-state index is 12.1. The number of rotatable bonds is 2. The molecule has 0 atom stereocenters. The number of hydrogen-bond acceptors (Lipinski definition) is 3. The van der Waals surface area contributed by atoms with Crippen molar-refractivity contribution < 1.29 is 22.6 Å². The Morgan fingerprint density at radius 2 is 1.89 bits per heavy atom. The van der Waals surface area contributed by atoms with Gasteiger partial charge in [-0.1, -0.05) is 11.6 Å². The molecule has 0 N–H and O–H groups in total. The van der Waals surface area contributed by atoms with E-state index in [-0.39, 0.29) is 10.8 Å². The van der Waals surface area contributed by atoms with Gasteiger partial charge in [0.25, 0.3) is 0 Å². The zero-order chi connectivity index (χ0) is 13.2. The highest BCUT2D eigenvalue weighted by Crippen LogP contribution is 2.33. The van der Waals surface area contributed by atoms with Crippen molar-refractivity contribution in [3.05, 3.63) is 23.2 Å². The fourth-order valence-electron chi connectivity index (χ4n) is 1.72. The summed E-state index contributed by atoms with van der Waals surface area (Å²) in [5, 5.41) is -0.0590. The molecule has 3 nitrogen and oxygen atoms in total. The van der Waals surface area contributed by atoms with Crippen LogP contribution in [-0.2, 0) is 4.74 Å². The van der Waals surface area contributed by atoms with Gasteiger partial charge in [-0.2, -0.15) is 0 Å². The van der Waals surface area contributed by atoms with Crippen LogP contribution in [0.15, 0.2) is 18.2 Å². The van der Waals surface area contributed by atoms with E-state index in [1.54, 1.807) is 6.07 Å². The van der Waals surface area contributed by atoms with Gasteiger partial charge in [-0.25, -0.2) is 0 Å². The van der Waals surface area contributed by atoms with E-state index in [0.29, 0.717) is 26.3 Å². The van der Waals surface area contributed by atoms with Gasteiger partial charge in [-0.05, 0) is 18.2 Å². The van der Waals surface area contributed by atoms with Crippen LogP contribution < -0.4 is 9.64 Å². The molecule has 1 aliphatic rings. The number of ether oxygens (including phenoxy) is 2. The van der Waals surface area contributed by atoms with Crippen molar-refractivity contribution in [1.29, 1.82) is 0 Å². The van der Waals surface area contributed by atoms with Crippen molar-refractivity contribution in [2.24, 2.45) is 0 Å². The third-order valence-corrected chi connectivity index (χ3v) is 2.81. The van der Waals surface area contributed by atoms with Gasteiger partial charge in [-0.15, -0.1) is 13.2 Å². The third kappa shape index (κ3) is 3.43. The molecule has 100 valence electrons. The third-order valence-electron chi connectivity index (χ3n) is 2.52. The number of alkyl halides is 3. The van der Waals surface area contributed by atoms with E-state index in [1.807, 2.05) is 4.90 Å². The van der Waals surface area contributed by atoms with Gasteiger partial charge in [0.05, 0.1) is 18.2 Å². The van der Waals surface area contributed by atoms with E-state index in [4.69, 9.17) is 16.3 Å². The Balaban J connectivity index is 2.13. The molecule has 0 aliphatic carbocycles. The zero-order valence-electron chi connectivity index (χ0n) is 9.34. The van der Waals surface area contributed by atoms with Gasteiger partial charge in [-0.3, -0.25) is 0 Å². The Bertz CT molecular complexity index is 419. The topological polar surface area (TPSA) is 21.7 Å². The van der Waals surface area contributed by atoms with Crippen LogP contribution in [-0.4, -0.2) is 32.7 Å². The normalized spacial score (nSPS) is 16.8. The van der Waals surface area contributed by atoms with E-state index in [2.05, 4.69) is 4.74 Å². The van der Waals surface area contributed by atoms with Crippen molar-refractivity contribution in [2.75, 3.05) is 31.2 Å². The Morgan fingerprint density at radius 1 is 1.22 bits per heavy atom. The maximum Gasteiger partial charge on any atom is 0.573 e. The summed E-state index contributed by atoms with van der Waals surface area (Å²) in [4.78, 5) is 1.99. The van der Waals surface area contributed by atoms with Gasteiger partial charge >= 0.3 is 6.36 Å². The van der Waals surface area contributed by atoms with E-state index in [9.17, 15) is 13.2 Å². The number of halogens is 4. The van der Waals surface area contributed by atoms with Crippen molar-refractivity contribution in [3.63, 3.8) is 0 Å². The lowest BCUT2D eigenvalue weighted by Crippen LogP contribution is -2.36. The summed E-state index contributed by atoms with van der Waals surface area (Å²) in [5.74, 6) is -0.388. The molecule has 0 amide bonds. The Labute approximate surface area is 107 Å². The summed E-state index contributed by atoms with van der Waals surface area (Å²) < 4.78 is 45.2. The highest BCUT2D eigenvalue weighted by Gasteiger charge is 2.32. The van der Waals surface area contributed by atoms with Crippen LogP contribution >= 0.6 is 11.6 Å². The lowest BCUT2D eigenvalue weighted by atomic mass is 10.2. The van der Waals surface area contributed by atoms with Crippen molar-refractivity contribution in [2.45, 2.75) is 6.36 Å². The monoisotopic (exact) mass is 281 g/mol. The molecule has 1 aromatic carbocycles. The fourth-order valence-corrected chi connectivity index (χ4v) is 1.93. The van der Waals surface area contributed by atoms with Gasteiger partial charge < -0.3 is 14.4 Å². The largest absolute Gasteiger partial charge is 0.573 e. The van der Waals surface area contributed by atoms with Crippen LogP contribution in [0.2, 0.25) is 5.02 Å². The molecule has 1 saturated heterocycles. The highest BCUT2D eigenvalue weighted by molar-refractivity contribution is 6.32. The average molecular weight is 282 g/mol. The Hall–Kier alpha value is -1.14. The summed E-state index contributed by atoms with van der Waals surface area (Å²) in [5.41, 5.74) is 0.762. The molecule has 1 heterocycles. The Morgan fingerprint density at radius 3 is 2.44 bits per heavy atom. The van der Waals surface area contributed by atoms with Crippen LogP contribution in [0.4, 0.5) is 18.9 Å². The first-order chi connectivity index (χ1) is 8.46. The molecule has 0 radical (unpaired) electrons. The number of benzene rings is 1. The molecule has 1 fully saturated rings. The molecule has 1 aliphatic heterocycles. The highest BCUT2D eigenvalue weighted by atomic mass is 35.5. The molecule has 2 rings (SSSR count). The van der Waals surface area contributed by atoms with Crippen molar-refractivity contribution in [3.8, 4) is 5.75 Å². The second-order valence-corrected chi connectivity index (χ2v) is 4.17. The predicted molar refractivity (Wildman–Crippen MR) is 61.2 cm³/mol. The number of nitrogens with zero attached hydrogens (tertiary/aromatic N) is 1. The average Bonchev–Trinajstić information content (AvgIpc) is 2.31. The molecule has 1 aromatic rings. The zero-order valence-corrected chi connectivity index (χ0v) is 10.1. The molecular formula is C11H11ClF3NO2. The minimum atomic E-state index is -4.73. The molecule has 0 spiro atoms. The lowest BCUT2D eigenvalue weighted by Gasteiger charge is -2.29. The minimum Gasteiger partial charge on any atom is -0.404 e. The number of morpholine rings is 1. The maximum absolute atomic E-state index is 12.1. The molecule has 0 unspecified atom stereocenters. The van der Waals surface area contributed by atoms with Gasteiger partial charge in [0.15, 0.2) is 0 Å². The second-order valence-electron chi connectivity index (χ2n) is 3.76. The molecule has 0 saturated carbocycles. The van der Waals surface area contributed by atoms with Crippen LogP contribution in [0.5, 0.6) is 5.75 Å². The van der Waals surface area contributed by atoms with Crippen LogP contribution in [0.1, 0.15) is 0 Å². The molecule has 0 bridgehead atoms. The summed E-state index contributed by atoms with van der Waals surface area (Å²) in [7, 11) is 0. The second kappa shape index (κ2) is 5.24. The first-order valence-corrected chi connectivity index (χ1v) is 5.71. The number of hydrogen-bond donors (Lipinski definition) is 0. The molecule has 18 heavy (non-hydrogen) atoms. The summed E-state index contributed by atoms with van der Waals surface area (Å²) in [6.07, 6.45) is -4.73. The molecule has 7 heteroatoms. The van der Waals surface area contributed by atoms with Crippen molar-refractivity contribution in [1.82, 2.24) is 0 Å². The first kappa shape index (κ1) is 13.3. The summed E-state index contributed by atoms with van der Waals surface area (Å²) >= 11 is 5.77. The lowest BCUT2D eigenvalue weighted by molar-refractivity contribution is -0.274. The Kier molecular flexibility index (Phi) is 3.87. The molecule has 0 aromatic heterocycles.